The van der Waals surface area contributed by atoms with Gasteiger partial charge in [-0.2, -0.15) is 18.4 Å². The lowest BCUT2D eigenvalue weighted by molar-refractivity contribution is -0.138. The van der Waals surface area contributed by atoms with Crippen LogP contribution in [-0.4, -0.2) is 14.2 Å². The molecule has 0 aliphatic rings. The summed E-state index contributed by atoms with van der Waals surface area (Å²) in [4.78, 5) is 0. The van der Waals surface area contributed by atoms with Gasteiger partial charge in [-0.3, -0.25) is 0 Å². The highest BCUT2D eigenvalue weighted by molar-refractivity contribution is 7.90. The van der Waals surface area contributed by atoms with Crippen molar-refractivity contribution in [1.82, 2.24) is 0 Å². The molecule has 0 unspecified atom stereocenters. The second-order valence-electron chi connectivity index (χ2n) is 4.01. The molecule has 0 saturated heterocycles. The number of nitrogens with zero attached hydrogens (tertiary/aromatic N) is 1. The number of halogens is 3. The van der Waals surface area contributed by atoms with Gasteiger partial charge in [-0.25, -0.2) is 8.42 Å². The van der Waals surface area contributed by atoms with Crippen LogP contribution in [-0.2, 0) is 21.8 Å². The fourth-order valence-electron chi connectivity index (χ4n) is 1.60. The molecule has 0 amide bonds. The molecule has 1 rings (SSSR count). The molecule has 0 bridgehead atoms. The number of sulfone groups is 1. The van der Waals surface area contributed by atoms with Gasteiger partial charge < -0.3 is 0 Å². The Morgan fingerprint density at radius 2 is 1.84 bits per heavy atom. The minimum Gasteiger partial charge on any atom is -0.228 e. The van der Waals surface area contributed by atoms with Crippen molar-refractivity contribution < 1.29 is 21.6 Å². The van der Waals surface area contributed by atoms with Crippen LogP contribution in [0.5, 0.6) is 0 Å². The molecule has 0 heterocycles. The first-order chi connectivity index (χ1) is 8.76. The standard InChI is InChI=1S/C12H12F3NO2S/c13-12(14,15)11-6-2-1-5-10(11)9-19(17,18)8-4-3-7-16/h1-2,5-6H,3-4,8-9H2. The van der Waals surface area contributed by atoms with E-state index in [1.54, 1.807) is 6.07 Å². The topological polar surface area (TPSA) is 57.9 Å². The summed E-state index contributed by atoms with van der Waals surface area (Å²) in [6.45, 7) is 0. The van der Waals surface area contributed by atoms with Crippen molar-refractivity contribution in [3.8, 4) is 6.07 Å². The number of unbranched alkanes of at least 4 members (excludes halogenated alkanes) is 1. The van der Waals surface area contributed by atoms with Gasteiger partial charge in [-0.05, 0) is 18.1 Å². The second kappa shape index (κ2) is 6.06. The molecule has 0 spiro atoms. The van der Waals surface area contributed by atoms with E-state index in [1.807, 2.05) is 0 Å². The largest absolute Gasteiger partial charge is 0.416 e. The highest BCUT2D eigenvalue weighted by Gasteiger charge is 2.33. The van der Waals surface area contributed by atoms with Gasteiger partial charge >= 0.3 is 6.18 Å². The number of hydrogen-bond acceptors (Lipinski definition) is 3. The van der Waals surface area contributed by atoms with E-state index < -0.39 is 27.3 Å². The molecule has 7 heteroatoms. The zero-order valence-corrected chi connectivity index (χ0v) is 10.8. The molecular weight excluding hydrogens is 279 g/mol. The SMILES string of the molecule is N#CCCCS(=O)(=O)Cc1ccccc1C(F)(F)F. The van der Waals surface area contributed by atoms with Gasteiger partial charge in [0, 0.05) is 6.42 Å². The average molecular weight is 291 g/mol. The van der Waals surface area contributed by atoms with Gasteiger partial charge in [0.05, 0.1) is 23.1 Å². The number of alkyl halides is 3. The smallest absolute Gasteiger partial charge is 0.228 e. The molecule has 0 fully saturated rings. The molecule has 0 aliphatic heterocycles. The monoisotopic (exact) mass is 291 g/mol. The summed E-state index contributed by atoms with van der Waals surface area (Å²) in [5.74, 6) is -0.944. The van der Waals surface area contributed by atoms with Crippen molar-refractivity contribution >= 4 is 9.84 Å². The Morgan fingerprint density at radius 3 is 2.42 bits per heavy atom. The van der Waals surface area contributed by atoms with Crippen LogP contribution in [0.1, 0.15) is 24.0 Å². The van der Waals surface area contributed by atoms with Crippen LogP contribution in [0, 0.1) is 11.3 Å². The molecule has 19 heavy (non-hydrogen) atoms. The molecule has 1 aromatic rings. The molecule has 0 aliphatic carbocycles. The highest BCUT2D eigenvalue weighted by Crippen LogP contribution is 2.32. The summed E-state index contributed by atoms with van der Waals surface area (Å²) in [7, 11) is -3.64. The summed E-state index contributed by atoms with van der Waals surface area (Å²) >= 11 is 0. The maximum Gasteiger partial charge on any atom is 0.416 e. The van der Waals surface area contributed by atoms with Gasteiger partial charge in [0.1, 0.15) is 0 Å². The van der Waals surface area contributed by atoms with Gasteiger partial charge in [0.15, 0.2) is 9.84 Å². The fourth-order valence-corrected chi connectivity index (χ4v) is 3.06. The van der Waals surface area contributed by atoms with E-state index in [0.717, 1.165) is 12.1 Å². The van der Waals surface area contributed by atoms with Crippen LogP contribution in [0.15, 0.2) is 24.3 Å². The van der Waals surface area contributed by atoms with E-state index in [9.17, 15) is 21.6 Å². The maximum atomic E-state index is 12.7. The third-order valence-corrected chi connectivity index (χ3v) is 4.10. The Morgan fingerprint density at radius 1 is 1.21 bits per heavy atom. The van der Waals surface area contributed by atoms with Gasteiger partial charge in [0.25, 0.3) is 0 Å². The van der Waals surface area contributed by atoms with Crippen molar-refractivity contribution in [1.29, 1.82) is 5.26 Å². The molecule has 0 aromatic heterocycles. The van der Waals surface area contributed by atoms with Crippen molar-refractivity contribution in [3.05, 3.63) is 35.4 Å². The highest BCUT2D eigenvalue weighted by atomic mass is 32.2. The van der Waals surface area contributed by atoms with Gasteiger partial charge in [0.2, 0.25) is 0 Å². The van der Waals surface area contributed by atoms with E-state index in [0.29, 0.717) is 0 Å². The first-order valence-electron chi connectivity index (χ1n) is 5.49. The van der Waals surface area contributed by atoms with Crippen molar-refractivity contribution in [2.45, 2.75) is 24.8 Å². The lowest BCUT2D eigenvalue weighted by Crippen LogP contribution is -2.14. The average Bonchev–Trinajstić information content (AvgIpc) is 2.27. The van der Waals surface area contributed by atoms with E-state index in [1.165, 1.54) is 12.1 Å². The van der Waals surface area contributed by atoms with Crippen LogP contribution in [0.4, 0.5) is 13.2 Å². The third kappa shape index (κ3) is 4.91. The Bertz CT molecular complexity index is 573. The number of rotatable bonds is 5. The second-order valence-corrected chi connectivity index (χ2v) is 6.19. The lowest BCUT2D eigenvalue weighted by atomic mass is 10.1. The maximum absolute atomic E-state index is 12.7. The van der Waals surface area contributed by atoms with Crippen molar-refractivity contribution in [3.63, 3.8) is 0 Å². The molecule has 0 N–H and O–H groups in total. The van der Waals surface area contributed by atoms with E-state index in [4.69, 9.17) is 5.26 Å². The number of hydrogen-bond donors (Lipinski definition) is 0. The quantitative estimate of drug-likeness (QED) is 0.784. The fraction of sp³-hybridized carbons (Fsp3) is 0.417. The zero-order chi connectivity index (χ0) is 14.5. The van der Waals surface area contributed by atoms with E-state index in [-0.39, 0.29) is 24.2 Å². The summed E-state index contributed by atoms with van der Waals surface area (Å²) < 4.78 is 61.4. The molecule has 104 valence electrons. The molecule has 0 atom stereocenters. The molecule has 0 saturated carbocycles. The predicted molar refractivity (Wildman–Crippen MR) is 63.8 cm³/mol. The van der Waals surface area contributed by atoms with E-state index >= 15 is 0 Å². The minimum atomic E-state index is -4.57. The van der Waals surface area contributed by atoms with Gasteiger partial charge in [-0.1, -0.05) is 18.2 Å². The van der Waals surface area contributed by atoms with Crippen LogP contribution in [0.25, 0.3) is 0 Å². The molecular formula is C12H12F3NO2S. The normalized spacial score (nSPS) is 12.1. The number of benzene rings is 1. The Labute approximate surface area is 109 Å². The first kappa shape index (κ1) is 15.5. The van der Waals surface area contributed by atoms with E-state index in [2.05, 4.69) is 0 Å². The van der Waals surface area contributed by atoms with Crippen LogP contribution in [0.3, 0.4) is 0 Å². The van der Waals surface area contributed by atoms with Gasteiger partial charge in [-0.15, -0.1) is 0 Å². The first-order valence-corrected chi connectivity index (χ1v) is 7.31. The van der Waals surface area contributed by atoms with Crippen molar-refractivity contribution in [2.75, 3.05) is 5.75 Å². The van der Waals surface area contributed by atoms with Crippen LogP contribution < -0.4 is 0 Å². The van der Waals surface area contributed by atoms with Crippen molar-refractivity contribution in [2.24, 2.45) is 0 Å². The minimum absolute atomic E-state index is 0.0696. The molecule has 0 radical (unpaired) electrons. The zero-order valence-electron chi connectivity index (χ0n) is 9.94. The lowest BCUT2D eigenvalue weighted by Gasteiger charge is -2.12. The Balaban J connectivity index is 2.92. The third-order valence-electron chi connectivity index (χ3n) is 2.44. The molecule has 1 aromatic carbocycles. The summed E-state index contributed by atoms with van der Waals surface area (Å²) in [6.07, 6.45) is -4.37. The van der Waals surface area contributed by atoms with Crippen LogP contribution in [0.2, 0.25) is 0 Å². The Hall–Kier alpha value is -1.55. The summed E-state index contributed by atoms with van der Waals surface area (Å²) in [5, 5.41) is 8.31. The molecule has 3 nitrogen and oxygen atoms in total. The summed E-state index contributed by atoms with van der Waals surface area (Å²) in [5.41, 5.74) is -1.19. The predicted octanol–water partition coefficient (Wildman–Crippen LogP) is 2.92. The summed E-state index contributed by atoms with van der Waals surface area (Å²) in [6, 6.07) is 6.40. The van der Waals surface area contributed by atoms with Crippen LogP contribution >= 0.6 is 0 Å². The number of nitriles is 1. The Kier molecular flexibility index (Phi) is 4.95.